The van der Waals surface area contributed by atoms with Crippen LogP contribution in [0.3, 0.4) is 0 Å². The number of hydrogen-bond acceptors (Lipinski definition) is 5. The van der Waals surface area contributed by atoms with Gasteiger partial charge in [0.1, 0.15) is 0 Å². The highest BCUT2D eigenvalue weighted by atomic mass is 16.6. The average molecular weight is 270 g/mol. The molecule has 6 heteroatoms. The van der Waals surface area contributed by atoms with Crippen LogP contribution in [0.4, 0.5) is 0 Å². The van der Waals surface area contributed by atoms with Crippen molar-refractivity contribution in [3.05, 3.63) is 0 Å². The van der Waals surface area contributed by atoms with Crippen LogP contribution in [-0.4, -0.2) is 73.7 Å². The van der Waals surface area contributed by atoms with Gasteiger partial charge < -0.3 is 14.4 Å². The molecule has 0 saturated carbocycles. The molecule has 0 N–H and O–H groups in total. The number of carbonyl (C=O) groups is 2. The molecule has 2 unspecified atom stereocenters. The zero-order chi connectivity index (χ0) is 13.8. The predicted octanol–water partition coefficient (Wildman–Crippen LogP) is -0.129. The molecule has 0 aromatic rings. The summed E-state index contributed by atoms with van der Waals surface area (Å²) in [6.45, 7) is 5.17. The van der Waals surface area contributed by atoms with Crippen molar-refractivity contribution in [3.63, 3.8) is 0 Å². The summed E-state index contributed by atoms with van der Waals surface area (Å²) in [6, 6.07) is -0.200. The molecule has 2 aliphatic heterocycles. The minimum Gasteiger partial charge on any atom is -0.467 e. The quantitative estimate of drug-likeness (QED) is 0.669. The van der Waals surface area contributed by atoms with E-state index in [-0.39, 0.29) is 17.9 Å². The van der Waals surface area contributed by atoms with Crippen molar-refractivity contribution in [1.29, 1.82) is 0 Å². The lowest BCUT2D eigenvalue weighted by Crippen LogP contribution is -2.54. The summed E-state index contributed by atoms with van der Waals surface area (Å²) in [5.41, 5.74) is 0. The Bertz CT molecular complexity index is 342. The Kier molecular flexibility index (Phi) is 4.76. The van der Waals surface area contributed by atoms with Crippen LogP contribution in [0.2, 0.25) is 0 Å². The summed E-state index contributed by atoms with van der Waals surface area (Å²) in [4.78, 5) is 27.7. The molecular formula is C13H22N2O4. The molecule has 2 rings (SSSR count). The molecule has 0 aliphatic carbocycles. The van der Waals surface area contributed by atoms with Gasteiger partial charge in [0.15, 0.2) is 6.10 Å². The van der Waals surface area contributed by atoms with Crippen LogP contribution in [0, 0.1) is 0 Å². The second-order valence-electron chi connectivity index (χ2n) is 5.09. The highest BCUT2D eigenvalue weighted by Crippen LogP contribution is 2.15. The Morgan fingerprint density at radius 2 is 1.95 bits per heavy atom. The molecule has 2 heterocycles. The minimum atomic E-state index is -0.576. The lowest BCUT2D eigenvalue weighted by atomic mass is 10.2. The highest BCUT2D eigenvalue weighted by molar-refractivity contribution is 5.82. The standard InChI is InChI=1S/C13H22N2O4/c1-10(12(16)14-5-3-4-6-14)15-7-8-19-11(9-15)13(17)18-2/h10-11H,3-9H2,1-2H3. The molecule has 0 aromatic heterocycles. The zero-order valence-electron chi connectivity index (χ0n) is 11.6. The Morgan fingerprint density at radius 3 is 2.58 bits per heavy atom. The molecule has 2 aliphatic rings. The summed E-state index contributed by atoms with van der Waals surface area (Å²) in [7, 11) is 1.35. The monoisotopic (exact) mass is 270 g/mol. The average Bonchev–Trinajstić information content (AvgIpc) is 2.99. The van der Waals surface area contributed by atoms with Crippen LogP contribution in [0.15, 0.2) is 0 Å². The van der Waals surface area contributed by atoms with Gasteiger partial charge in [-0.25, -0.2) is 4.79 Å². The van der Waals surface area contributed by atoms with Crippen molar-refractivity contribution in [2.45, 2.75) is 31.9 Å². The van der Waals surface area contributed by atoms with Gasteiger partial charge in [-0.15, -0.1) is 0 Å². The van der Waals surface area contributed by atoms with E-state index in [2.05, 4.69) is 0 Å². The third-order valence-corrected chi connectivity index (χ3v) is 3.88. The van der Waals surface area contributed by atoms with E-state index in [1.165, 1.54) is 7.11 Å². The molecule has 0 radical (unpaired) electrons. The number of amides is 1. The van der Waals surface area contributed by atoms with E-state index in [0.29, 0.717) is 19.7 Å². The van der Waals surface area contributed by atoms with Crippen molar-refractivity contribution in [2.24, 2.45) is 0 Å². The summed E-state index contributed by atoms with van der Waals surface area (Å²) in [6.07, 6.45) is 1.60. The van der Waals surface area contributed by atoms with E-state index in [1.807, 2.05) is 16.7 Å². The molecule has 108 valence electrons. The van der Waals surface area contributed by atoms with E-state index < -0.39 is 6.10 Å². The van der Waals surface area contributed by atoms with E-state index in [9.17, 15) is 9.59 Å². The summed E-state index contributed by atoms with van der Waals surface area (Å²) in [5, 5.41) is 0. The predicted molar refractivity (Wildman–Crippen MR) is 68.6 cm³/mol. The SMILES string of the molecule is COC(=O)C1CN(C(C)C(=O)N2CCCC2)CCO1. The minimum absolute atomic E-state index is 0.156. The fourth-order valence-electron chi connectivity index (χ4n) is 2.65. The largest absolute Gasteiger partial charge is 0.467 e. The van der Waals surface area contributed by atoms with Crippen LogP contribution >= 0.6 is 0 Å². The van der Waals surface area contributed by atoms with Crippen molar-refractivity contribution in [1.82, 2.24) is 9.80 Å². The number of methoxy groups -OCH3 is 1. The van der Waals surface area contributed by atoms with Crippen LogP contribution in [0.25, 0.3) is 0 Å². The van der Waals surface area contributed by atoms with Gasteiger partial charge in [-0.2, -0.15) is 0 Å². The maximum Gasteiger partial charge on any atom is 0.336 e. The molecule has 19 heavy (non-hydrogen) atoms. The van der Waals surface area contributed by atoms with Gasteiger partial charge in [0.25, 0.3) is 0 Å². The third-order valence-electron chi connectivity index (χ3n) is 3.88. The molecule has 6 nitrogen and oxygen atoms in total. The number of hydrogen-bond donors (Lipinski definition) is 0. The molecule has 2 atom stereocenters. The number of esters is 1. The summed E-state index contributed by atoms with van der Waals surface area (Å²) in [5.74, 6) is -0.214. The maximum atomic E-state index is 12.3. The van der Waals surface area contributed by atoms with Crippen LogP contribution in [-0.2, 0) is 19.1 Å². The maximum absolute atomic E-state index is 12.3. The van der Waals surface area contributed by atoms with Gasteiger partial charge >= 0.3 is 5.97 Å². The fraction of sp³-hybridized carbons (Fsp3) is 0.846. The topological polar surface area (TPSA) is 59.1 Å². The van der Waals surface area contributed by atoms with Gasteiger partial charge in [0.2, 0.25) is 5.91 Å². The lowest BCUT2D eigenvalue weighted by Gasteiger charge is -2.36. The molecule has 2 fully saturated rings. The number of likely N-dealkylation sites (tertiary alicyclic amines) is 1. The van der Waals surface area contributed by atoms with Gasteiger partial charge in [0.05, 0.1) is 19.8 Å². The number of nitrogens with zero attached hydrogens (tertiary/aromatic N) is 2. The Morgan fingerprint density at radius 1 is 1.26 bits per heavy atom. The van der Waals surface area contributed by atoms with Gasteiger partial charge in [-0.05, 0) is 19.8 Å². The van der Waals surface area contributed by atoms with Gasteiger partial charge in [-0.1, -0.05) is 0 Å². The normalized spacial score (nSPS) is 26.2. The molecule has 0 bridgehead atoms. The number of ether oxygens (including phenoxy) is 2. The number of morpholine rings is 1. The van der Waals surface area contributed by atoms with E-state index in [1.54, 1.807) is 0 Å². The Balaban J connectivity index is 1.92. The third kappa shape index (κ3) is 3.25. The fourth-order valence-corrected chi connectivity index (χ4v) is 2.65. The highest BCUT2D eigenvalue weighted by Gasteiger charge is 2.34. The van der Waals surface area contributed by atoms with Crippen molar-refractivity contribution in [3.8, 4) is 0 Å². The first kappa shape index (κ1) is 14.3. The van der Waals surface area contributed by atoms with Crippen molar-refractivity contribution >= 4 is 11.9 Å². The zero-order valence-corrected chi connectivity index (χ0v) is 11.6. The molecule has 0 spiro atoms. The van der Waals surface area contributed by atoms with Crippen LogP contribution in [0.5, 0.6) is 0 Å². The molecule has 1 amide bonds. The van der Waals surface area contributed by atoms with E-state index >= 15 is 0 Å². The first-order valence-electron chi connectivity index (χ1n) is 6.85. The summed E-state index contributed by atoms with van der Waals surface area (Å²) >= 11 is 0. The second kappa shape index (κ2) is 6.34. The summed E-state index contributed by atoms with van der Waals surface area (Å²) < 4.78 is 10.1. The van der Waals surface area contributed by atoms with E-state index in [4.69, 9.17) is 9.47 Å². The number of carbonyl (C=O) groups excluding carboxylic acids is 2. The lowest BCUT2D eigenvalue weighted by molar-refractivity contribution is -0.162. The van der Waals surface area contributed by atoms with Crippen LogP contribution < -0.4 is 0 Å². The van der Waals surface area contributed by atoms with Crippen molar-refractivity contribution in [2.75, 3.05) is 39.9 Å². The Hall–Kier alpha value is -1.14. The van der Waals surface area contributed by atoms with Gasteiger partial charge in [-0.3, -0.25) is 9.69 Å². The molecule has 2 saturated heterocycles. The first-order valence-corrected chi connectivity index (χ1v) is 6.85. The Labute approximate surface area is 113 Å². The van der Waals surface area contributed by atoms with Crippen molar-refractivity contribution < 1.29 is 19.1 Å². The first-order chi connectivity index (χ1) is 9.13. The second-order valence-corrected chi connectivity index (χ2v) is 5.09. The number of rotatable bonds is 3. The van der Waals surface area contributed by atoms with Crippen LogP contribution in [0.1, 0.15) is 19.8 Å². The smallest absolute Gasteiger partial charge is 0.336 e. The van der Waals surface area contributed by atoms with E-state index in [0.717, 1.165) is 25.9 Å². The molecule has 0 aromatic carbocycles. The molecular weight excluding hydrogens is 248 g/mol. The van der Waals surface area contributed by atoms with Gasteiger partial charge in [0, 0.05) is 26.2 Å².